The van der Waals surface area contributed by atoms with Gasteiger partial charge in [-0.05, 0) is 41.8 Å². The summed E-state index contributed by atoms with van der Waals surface area (Å²) in [6.45, 7) is 0. The largest absolute Gasteiger partial charge is 0.497 e. The molecule has 3 rings (SSSR count). The van der Waals surface area contributed by atoms with E-state index in [1.54, 1.807) is 32.4 Å². The quantitative estimate of drug-likeness (QED) is 0.394. The molecule has 0 saturated carbocycles. The number of thioether (sulfide) groups is 1. The second kappa shape index (κ2) is 10.2. The van der Waals surface area contributed by atoms with Crippen LogP contribution in [-0.4, -0.2) is 30.3 Å². The van der Waals surface area contributed by atoms with E-state index in [0.717, 1.165) is 15.5 Å². The Bertz CT molecular complexity index is 942. The van der Waals surface area contributed by atoms with Crippen molar-refractivity contribution in [2.45, 2.75) is 22.9 Å². The van der Waals surface area contributed by atoms with Gasteiger partial charge in [-0.15, -0.1) is 10.2 Å². The van der Waals surface area contributed by atoms with Gasteiger partial charge in [0, 0.05) is 18.2 Å². The first-order chi connectivity index (χ1) is 14.1. The molecule has 3 aromatic rings. The number of halogens is 1. The zero-order valence-electron chi connectivity index (χ0n) is 16.0. The maximum atomic E-state index is 12.9. The predicted octanol–water partition coefficient (Wildman–Crippen LogP) is 4.56. The Morgan fingerprint density at radius 1 is 1.07 bits per heavy atom. The number of benzene rings is 2. The smallest absolute Gasteiger partial charge is 0.226 e. The molecular weight excluding hydrogens is 413 g/mol. The first-order valence-corrected chi connectivity index (χ1v) is 10.6. The van der Waals surface area contributed by atoms with Crippen LogP contribution in [0.5, 0.6) is 11.5 Å². The van der Waals surface area contributed by atoms with Crippen molar-refractivity contribution in [1.82, 2.24) is 10.2 Å². The molecule has 0 atom stereocenters. The molecule has 0 unspecified atom stereocenters. The number of anilines is 1. The molecule has 0 radical (unpaired) electrons. The van der Waals surface area contributed by atoms with E-state index in [9.17, 15) is 9.18 Å². The van der Waals surface area contributed by atoms with Crippen molar-refractivity contribution >= 4 is 34.1 Å². The third-order valence-corrected chi connectivity index (χ3v) is 6.02. The average Bonchev–Trinajstić information content (AvgIpc) is 3.18. The summed E-state index contributed by atoms with van der Waals surface area (Å²) in [5, 5.41) is 11.3. The van der Waals surface area contributed by atoms with Crippen molar-refractivity contribution in [3.63, 3.8) is 0 Å². The molecule has 0 bridgehead atoms. The summed E-state index contributed by atoms with van der Waals surface area (Å²) >= 11 is 2.80. The van der Waals surface area contributed by atoms with Crippen LogP contribution in [0.2, 0.25) is 0 Å². The van der Waals surface area contributed by atoms with Crippen molar-refractivity contribution in [1.29, 1.82) is 0 Å². The molecule has 0 aliphatic carbocycles. The van der Waals surface area contributed by atoms with Crippen LogP contribution in [0.25, 0.3) is 0 Å². The molecule has 0 aliphatic heterocycles. The minimum Gasteiger partial charge on any atom is -0.497 e. The highest BCUT2D eigenvalue weighted by Crippen LogP contribution is 2.28. The number of nitrogens with zero attached hydrogens (tertiary/aromatic N) is 2. The number of hydrogen-bond acceptors (Lipinski definition) is 7. The van der Waals surface area contributed by atoms with Gasteiger partial charge in [-0.3, -0.25) is 4.79 Å². The van der Waals surface area contributed by atoms with Crippen LogP contribution in [0, 0.1) is 5.82 Å². The number of aromatic nitrogens is 2. The lowest BCUT2D eigenvalue weighted by molar-refractivity contribution is -0.116. The SMILES string of the molecule is COc1cc(CCC(=O)Nc2nnc(SCc3ccc(F)cc3)s2)cc(OC)c1. The van der Waals surface area contributed by atoms with Gasteiger partial charge >= 0.3 is 0 Å². The molecule has 1 N–H and O–H groups in total. The Morgan fingerprint density at radius 2 is 1.76 bits per heavy atom. The van der Waals surface area contributed by atoms with Crippen LogP contribution >= 0.6 is 23.1 Å². The normalized spacial score (nSPS) is 10.6. The molecule has 0 aliphatic rings. The van der Waals surface area contributed by atoms with Crippen molar-refractivity contribution in [2.24, 2.45) is 0 Å². The second-order valence-electron chi connectivity index (χ2n) is 6.06. The number of amides is 1. The molecule has 1 heterocycles. The van der Waals surface area contributed by atoms with Gasteiger partial charge in [-0.25, -0.2) is 4.39 Å². The number of rotatable bonds is 9. The Morgan fingerprint density at radius 3 is 2.41 bits per heavy atom. The first-order valence-electron chi connectivity index (χ1n) is 8.78. The number of carbonyl (C=O) groups is 1. The lowest BCUT2D eigenvalue weighted by atomic mass is 10.1. The van der Waals surface area contributed by atoms with E-state index in [1.165, 1.54) is 35.2 Å². The van der Waals surface area contributed by atoms with Crippen LogP contribution in [0.4, 0.5) is 9.52 Å². The molecule has 1 amide bonds. The minimum absolute atomic E-state index is 0.141. The summed E-state index contributed by atoms with van der Waals surface area (Å²) < 4.78 is 24.2. The molecule has 0 saturated heterocycles. The van der Waals surface area contributed by atoms with E-state index >= 15 is 0 Å². The first kappa shape index (κ1) is 21.1. The Labute approximate surface area is 176 Å². The van der Waals surface area contributed by atoms with E-state index in [2.05, 4.69) is 15.5 Å². The molecule has 0 spiro atoms. The minimum atomic E-state index is -0.257. The van der Waals surface area contributed by atoms with Crippen LogP contribution in [-0.2, 0) is 17.0 Å². The van der Waals surface area contributed by atoms with Gasteiger partial charge in [0.15, 0.2) is 4.34 Å². The number of hydrogen-bond donors (Lipinski definition) is 1. The van der Waals surface area contributed by atoms with E-state index in [1.807, 2.05) is 12.1 Å². The van der Waals surface area contributed by atoms with Crippen LogP contribution in [0.1, 0.15) is 17.5 Å². The van der Waals surface area contributed by atoms with E-state index < -0.39 is 0 Å². The van der Waals surface area contributed by atoms with Gasteiger partial charge < -0.3 is 14.8 Å². The van der Waals surface area contributed by atoms with Crippen molar-refractivity contribution in [2.75, 3.05) is 19.5 Å². The number of ether oxygens (including phenoxy) is 2. The second-order valence-corrected chi connectivity index (χ2v) is 8.26. The van der Waals surface area contributed by atoms with Gasteiger partial charge in [-0.2, -0.15) is 0 Å². The Kier molecular flexibility index (Phi) is 7.42. The molecular formula is C20H20FN3O3S2. The fraction of sp³-hybridized carbons (Fsp3) is 0.250. The summed E-state index contributed by atoms with van der Waals surface area (Å²) in [6.07, 6.45) is 0.846. The van der Waals surface area contributed by atoms with E-state index in [0.29, 0.717) is 35.2 Å². The maximum Gasteiger partial charge on any atom is 0.226 e. The highest BCUT2D eigenvalue weighted by atomic mass is 32.2. The van der Waals surface area contributed by atoms with Crippen molar-refractivity contribution in [3.8, 4) is 11.5 Å². The van der Waals surface area contributed by atoms with Gasteiger partial charge in [0.25, 0.3) is 0 Å². The summed E-state index contributed by atoms with van der Waals surface area (Å²) in [5.74, 6) is 1.63. The van der Waals surface area contributed by atoms with Crippen molar-refractivity contribution < 1.29 is 18.7 Å². The summed E-state index contributed by atoms with van der Waals surface area (Å²) in [5.41, 5.74) is 1.94. The van der Waals surface area contributed by atoms with Crippen LogP contribution in [0.15, 0.2) is 46.8 Å². The molecule has 152 valence electrons. The molecule has 9 heteroatoms. The molecule has 1 aromatic heterocycles. The van der Waals surface area contributed by atoms with Crippen molar-refractivity contribution in [3.05, 3.63) is 59.4 Å². The van der Waals surface area contributed by atoms with Gasteiger partial charge in [-0.1, -0.05) is 35.2 Å². The van der Waals surface area contributed by atoms with E-state index in [-0.39, 0.29) is 11.7 Å². The highest BCUT2D eigenvalue weighted by Gasteiger charge is 2.10. The molecule has 6 nitrogen and oxygen atoms in total. The van der Waals surface area contributed by atoms with E-state index in [4.69, 9.17) is 9.47 Å². The third kappa shape index (κ3) is 6.43. The predicted molar refractivity (Wildman–Crippen MR) is 112 cm³/mol. The zero-order valence-corrected chi connectivity index (χ0v) is 17.6. The van der Waals surface area contributed by atoms with Gasteiger partial charge in [0.1, 0.15) is 17.3 Å². The summed E-state index contributed by atoms with van der Waals surface area (Å²) in [7, 11) is 3.18. The standard InChI is InChI=1S/C20H20FN3O3S2/c1-26-16-9-14(10-17(11-16)27-2)5-8-18(25)22-19-23-24-20(29-19)28-12-13-3-6-15(21)7-4-13/h3-4,6-7,9-11H,5,8,12H2,1-2H3,(H,22,23,25). The number of carbonyl (C=O) groups excluding carboxylic acids is 1. The number of methoxy groups -OCH3 is 2. The summed E-state index contributed by atoms with van der Waals surface area (Å²) in [4.78, 5) is 12.2. The molecule has 0 fully saturated rings. The zero-order chi connectivity index (χ0) is 20.6. The Balaban J connectivity index is 1.49. The lowest BCUT2D eigenvalue weighted by Gasteiger charge is -2.08. The topological polar surface area (TPSA) is 73.3 Å². The number of aryl methyl sites for hydroxylation is 1. The fourth-order valence-corrected chi connectivity index (χ4v) is 4.22. The van der Waals surface area contributed by atoms with Crippen LogP contribution < -0.4 is 14.8 Å². The molecule has 29 heavy (non-hydrogen) atoms. The highest BCUT2D eigenvalue weighted by molar-refractivity contribution is 8.00. The fourth-order valence-electron chi connectivity index (χ4n) is 2.49. The Hall–Kier alpha value is -2.65. The average molecular weight is 434 g/mol. The summed E-state index contributed by atoms with van der Waals surface area (Å²) in [6, 6.07) is 11.9. The number of nitrogens with one attached hydrogen (secondary N) is 1. The monoisotopic (exact) mass is 433 g/mol. The lowest BCUT2D eigenvalue weighted by Crippen LogP contribution is -2.12. The molecule has 2 aromatic carbocycles. The van der Waals surface area contributed by atoms with Gasteiger partial charge in [0.2, 0.25) is 11.0 Å². The van der Waals surface area contributed by atoms with Crippen LogP contribution in [0.3, 0.4) is 0 Å². The maximum absolute atomic E-state index is 12.9. The third-order valence-electron chi connectivity index (χ3n) is 3.98. The van der Waals surface area contributed by atoms with Gasteiger partial charge in [0.05, 0.1) is 14.2 Å².